The van der Waals surface area contributed by atoms with Gasteiger partial charge in [-0.2, -0.15) is 0 Å². The van der Waals surface area contributed by atoms with Crippen molar-refractivity contribution >= 4 is 5.91 Å². The minimum Gasteiger partial charge on any atom is -0.376 e. The summed E-state index contributed by atoms with van der Waals surface area (Å²) in [5.41, 5.74) is 0.749. The van der Waals surface area contributed by atoms with E-state index in [2.05, 4.69) is 20.4 Å². The number of benzene rings is 1. The van der Waals surface area contributed by atoms with Crippen LogP contribution in [0, 0.1) is 11.7 Å². The summed E-state index contributed by atoms with van der Waals surface area (Å²) in [6.45, 7) is 5.16. The number of amides is 1. The van der Waals surface area contributed by atoms with Gasteiger partial charge in [0.05, 0.1) is 12.6 Å². The van der Waals surface area contributed by atoms with Crippen LogP contribution in [0.5, 0.6) is 0 Å². The highest BCUT2D eigenvalue weighted by molar-refractivity contribution is 5.76. The molecule has 0 unspecified atom stereocenters. The topological polar surface area (TPSA) is 76.4 Å². The zero-order valence-corrected chi connectivity index (χ0v) is 17.9. The Bertz CT molecular complexity index is 819. The summed E-state index contributed by atoms with van der Waals surface area (Å²) in [5.74, 6) is 0.440. The first-order valence-corrected chi connectivity index (χ1v) is 11.2. The van der Waals surface area contributed by atoms with Gasteiger partial charge < -0.3 is 9.64 Å². The van der Waals surface area contributed by atoms with E-state index in [0.717, 1.165) is 57.5 Å². The van der Waals surface area contributed by atoms with Crippen LogP contribution in [0.1, 0.15) is 37.7 Å². The van der Waals surface area contributed by atoms with Crippen LogP contribution in [-0.4, -0.2) is 74.8 Å². The summed E-state index contributed by atoms with van der Waals surface area (Å²) in [6.07, 6.45) is 6.14. The van der Waals surface area contributed by atoms with Gasteiger partial charge in [-0.1, -0.05) is 18.2 Å². The highest BCUT2D eigenvalue weighted by Gasteiger charge is 2.27. The molecule has 2 aliphatic rings. The second kappa shape index (κ2) is 10.8. The monoisotopic (exact) mass is 430 g/mol. The number of aromatic nitrogens is 4. The van der Waals surface area contributed by atoms with E-state index in [1.807, 2.05) is 17.0 Å². The van der Waals surface area contributed by atoms with Crippen LogP contribution in [-0.2, 0) is 22.6 Å². The predicted molar refractivity (Wildman–Crippen MR) is 112 cm³/mol. The molecule has 1 aromatic carbocycles. The minimum absolute atomic E-state index is 0.125. The average molecular weight is 431 g/mol. The molecule has 2 aliphatic heterocycles. The molecule has 1 amide bonds. The zero-order chi connectivity index (χ0) is 21.5. The normalized spacial score (nSPS) is 20.2. The van der Waals surface area contributed by atoms with Crippen LogP contribution in [0.15, 0.2) is 30.6 Å². The van der Waals surface area contributed by atoms with E-state index < -0.39 is 0 Å². The molecule has 0 bridgehead atoms. The number of likely N-dealkylation sites (tertiary alicyclic amines) is 1. The van der Waals surface area contributed by atoms with Gasteiger partial charge in [0.25, 0.3) is 0 Å². The lowest BCUT2D eigenvalue weighted by Crippen LogP contribution is -2.43. The van der Waals surface area contributed by atoms with Crippen LogP contribution in [0.3, 0.4) is 0 Å². The van der Waals surface area contributed by atoms with Crippen LogP contribution in [0.25, 0.3) is 0 Å². The molecule has 168 valence electrons. The number of halogens is 1. The number of piperidine rings is 1. The van der Waals surface area contributed by atoms with E-state index >= 15 is 0 Å². The zero-order valence-electron chi connectivity index (χ0n) is 17.9. The number of aryl methyl sites for hydroxylation is 1. The molecule has 4 rings (SSSR count). The van der Waals surface area contributed by atoms with Crippen molar-refractivity contribution in [2.75, 3.05) is 32.8 Å². The van der Waals surface area contributed by atoms with Crippen molar-refractivity contribution in [3.05, 3.63) is 42.0 Å². The predicted octanol–water partition coefficient (Wildman–Crippen LogP) is 2.12. The molecule has 1 atom stereocenters. The lowest BCUT2D eigenvalue weighted by molar-refractivity contribution is -0.134. The molecule has 2 saturated heterocycles. The molecule has 2 fully saturated rings. The fourth-order valence-corrected chi connectivity index (χ4v) is 4.47. The highest BCUT2D eigenvalue weighted by Crippen LogP contribution is 2.23. The van der Waals surface area contributed by atoms with Crippen molar-refractivity contribution in [2.45, 2.75) is 51.3 Å². The summed E-state index contributed by atoms with van der Waals surface area (Å²) < 4.78 is 21.3. The number of hydrogen-bond acceptors (Lipinski definition) is 6. The number of hydrogen-bond donors (Lipinski definition) is 0. The van der Waals surface area contributed by atoms with E-state index in [1.54, 1.807) is 10.7 Å². The molecular formula is C22H31FN6O2. The standard InChI is InChI=1S/C22H31FN6O2/c23-21-6-2-1-4-19(21)15-27-10-7-18(8-11-27)14-28(16-20-5-3-13-31-20)22(30)9-12-29-17-24-25-26-29/h1-2,4,6,17-18,20H,3,5,7-16H2/t20-/m0/s1. The van der Waals surface area contributed by atoms with Gasteiger partial charge in [-0.15, -0.1) is 5.10 Å². The fourth-order valence-electron chi connectivity index (χ4n) is 4.47. The Kier molecular flexibility index (Phi) is 7.58. The third-order valence-corrected chi connectivity index (χ3v) is 6.28. The van der Waals surface area contributed by atoms with E-state index in [1.165, 1.54) is 12.4 Å². The molecule has 2 aromatic rings. The number of tetrazole rings is 1. The molecular weight excluding hydrogens is 399 g/mol. The van der Waals surface area contributed by atoms with Gasteiger partial charge in [-0.3, -0.25) is 9.69 Å². The Morgan fingerprint density at radius 3 is 2.74 bits per heavy atom. The van der Waals surface area contributed by atoms with Crippen LogP contribution < -0.4 is 0 Å². The Labute approximate surface area is 182 Å². The summed E-state index contributed by atoms with van der Waals surface area (Å²) in [7, 11) is 0. The third-order valence-electron chi connectivity index (χ3n) is 6.28. The third kappa shape index (κ3) is 6.30. The largest absolute Gasteiger partial charge is 0.376 e. The van der Waals surface area contributed by atoms with Gasteiger partial charge in [-0.05, 0) is 61.2 Å². The molecule has 0 aliphatic carbocycles. The van der Waals surface area contributed by atoms with Gasteiger partial charge in [0.2, 0.25) is 5.91 Å². The van der Waals surface area contributed by atoms with E-state index in [4.69, 9.17) is 4.74 Å². The Hall–Kier alpha value is -2.39. The quantitative estimate of drug-likeness (QED) is 0.607. The average Bonchev–Trinajstić information content (AvgIpc) is 3.49. The number of nitrogens with zero attached hydrogens (tertiary/aromatic N) is 6. The van der Waals surface area contributed by atoms with E-state index in [9.17, 15) is 9.18 Å². The molecule has 0 N–H and O–H groups in total. The first kappa shape index (κ1) is 21.8. The van der Waals surface area contributed by atoms with Gasteiger partial charge in [0.1, 0.15) is 12.1 Å². The first-order valence-electron chi connectivity index (χ1n) is 11.2. The van der Waals surface area contributed by atoms with E-state index in [-0.39, 0.29) is 17.8 Å². The molecule has 0 saturated carbocycles. The number of carbonyl (C=O) groups is 1. The molecule has 9 heteroatoms. The van der Waals surface area contributed by atoms with Crippen molar-refractivity contribution in [3.8, 4) is 0 Å². The van der Waals surface area contributed by atoms with Crippen LogP contribution >= 0.6 is 0 Å². The van der Waals surface area contributed by atoms with Crippen molar-refractivity contribution in [1.82, 2.24) is 30.0 Å². The molecule has 0 radical (unpaired) electrons. The summed E-state index contributed by atoms with van der Waals surface area (Å²) in [4.78, 5) is 17.3. The Balaban J connectivity index is 1.29. The maximum Gasteiger partial charge on any atom is 0.224 e. The fraction of sp³-hybridized carbons (Fsp3) is 0.636. The lowest BCUT2D eigenvalue weighted by atomic mass is 9.95. The minimum atomic E-state index is -0.138. The van der Waals surface area contributed by atoms with Gasteiger partial charge in [-0.25, -0.2) is 9.07 Å². The van der Waals surface area contributed by atoms with Crippen molar-refractivity contribution < 1.29 is 13.9 Å². The number of carbonyl (C=O) groups excluding carboxylic acids is 1. The molecule has 0 spiro atoms. The lowest BCUT2D eigenvalue weighted by Gasteiger charge is -2.35. The molecule has 31 heavy (non-hydrogen) atoms. The van der Waals surface area contributed by atoms with E-state index in [0.29, 0.717) is 32.0 Å². The Morgan fingerprint density at radius 2 is 2.03 bits per heavy atom. The molecule has 3 heterocycles. The maximum atomic E-state index is 14.0. The van der Waals surface area contributed by atoms with Gasteiger partial charge >= 0.3 is 0 Å². The smallest absolute Gasteiger partial charge is 0.224 e. The number of rotatable bonds is 9. The second-order valence-corrected chi connectivity index (χ2v) is 8.57. The van der Waals surface area contributed by atoms with Gasteiger partial charge in [0, 0.05) is 38.2 Å². The first-order chi connectivity index (χ1) is 15.2. The van der Waals surface area contributed by atoms with Crippen molar-refractivity contribution in [2.24, 2.45) is 5.92 Å². The van der Waals surface area contributed by atoms with Crippen molar-refractivity contribution in [3.63, 3.8) is 0 Å². The van der Waals surface area contributed by atoms with Crippen LogP contribution in [0.4, 0.5) is 4.39 Å². The second-order valence-electron chi connectivity index (χ2n) is 8.57. The number of ether oxygens (including phenoxy) is 1. The maximum absolute atomic E-state index is 14.0. The molecule has 8 nitrogen and oxygen atoms in total. The summed E-state index contributed by atoms with van der Waals surface area (Å²) in [6, 6.07) is 6.99. The SMILES string of the molecule is O=C(CCn1cnnn1)N(CC1CCN(Cc2ccccc2F)CC1)C[C@@H]1CCCO1. The van der Waals surface area contributed by atoms with Gasteiger partial charge in [0.15, 0.2) is 0 Å². The Morgan fingerprint density at radius 1 is 1.19 bits per heavy atom. The molecule has 1 aromatic heterocycles. The summed E-state index contributed by atoms with van der Waals surface area (Å²) in [5, 5.41) is 11.1. The van der Waals surface area contributed by atoms with Crippen LogP contribution in [0.2, 0.25) is 0 Å². The summed E-state index contributed by atoms with van der Waals surface area (Å²) >= 11 is 0. The highest BCUT2D eigenvalue weighted by atomic mass is 19.1. The van der Waals surface area contributed by atoms with Crippen molar-refractivity contribution in [1.29, 1.82) is 0 Å².